The molecule has 0 aliphatic carbocycles. The van der Waals surface area contributed by atoms with Crippen LogP contribution in [-0.2, 0) is 17.8 Å². The molecule has 3 N–H and O–H groups in total. The molecule has 2 atom stereocenters. The Morgan fingerprint density at radius 2 is 1.91 bits per heavy atom. The molecule has 0 bridgehead atoms. The molecule has 0 saturated heterocycles. The minimum atomic E-state index is -0.926. The predicted octanol–water partition coefficient (Wildman–Crippen LogP) is 7.25. The SMILES string of the molecule is CC(NC(=O)C(C)(Cc1c[nH]c2ccccc12)NCc1cc2ccccc2o1)c1cc(Cl)sc1Cl. The summed E-state index contributed by atoms with van der Waals surface area (Å²) in [4.78, 5) is 17.0. The fourth-order valence-electron chi connectivity index (χ4n) is 4.37. The van der Waals surface area contributed by atoms with Gasteiger partial charge in [-0.1, -0.05) is 59.6 Å². The smallest absolute Gasteiger partial charge is 0.240 e. The Bertz CT molecular complexity index is 1470. The lowest BCUT2D eigenvalue weighted by atomic mass is 9.90. The molecule has 5 rings (SSSR count). The second-order valence-electron chi connectivity index (χ2n) is 8.95. The van der Waals surface area contributed by atoms with Crippen molar-refractivity contribution in [2.24, 2.45) is 0 Å². The van der Waals surface area contributed by atoms with Gasteiger partial charge >= 0.3 is 0 Å². The monoisotopic (exact) mass is 525 g/mol. The first kappa shape index (κ1) is 23.9. The predicted molar refractivity (Wildman–Crippen MR) is 144 cm³/mol. The number of hydrogen-bond donors (Lipinski definition) is 3. The van der Waals surface area contributed by atoms with Gasteiger partial charge in [0.15, 0.2) is 0 Å². The Labute approximate surface area is 217 Å². The fraction of sp³-hybridized carbons (Fsp3) is 0.222. The number of aromatic nitrogens is 1. The molecule has 3 aromatic heterocycles. The lowest BCUT2D eigenvalue weighted by molar-refractivity contribution is -0.127. The summed E-state index contributed by atoms with van der Waals surface area (Å²) in [5, 5.41) is 8.74. The van der Waals surface area contributed by atoms with Crippen LogP contribution in [0.25, 0.3) is 21.9 Å². The number of thiophene rings is 1. The summed E-state index contributed by atoms with van der Waals surface area (Å²) in [5.74, 6) is 0.634. The van der Waals surface area contributed by atoms with E-state index in [2.05, 4.69) is 21.7 Å². The standard InChI is InChI=1S/C27H25Cl2N3O2S/c1-16(21-12-24(28)35-25(21)29)32-26(33)27(2,13-18-14-30-22-9-5-4-8-20(18)22)31-15-19-11-17-7-3-6-10-23(17)34-19/h3-12,14,16,30-31H,13,15H2,1-2H3,(H,32,33). The van der Waals surface area contributed by atoms with Crippen LogP contribution in [0.4, 0.5) is 0 Å². The van der Waals surface area contributed by atoms with E-state index < -0.39 is 5.54 Å². The van der Waals surface area contributed by atoms with Gasteiger partial charge in [0.05, 0.1) is 26.8 Å². The molecule has 35 heavy (non-hydrogen) atoms. The van der Waals surface area contributed by atoms with Gasteiger partial charge in [-0.15, -0.1) is 11.3 Å². The van der Waals surface area contributed by atoms with Crippen LogP contribution in [0.5, 0.6) is 0 Å². The summed E-state index contributed by atoms with van der Waals surface area (Å²) >= 11 is 13.8. The van der Waals surface area contributed by atoms with E-state index in [0.29, 0.717) is 21.6 Å². The average molecular weight is 526 g/mol. The van der Waals surface area contributed by atoms with Crippen LogP contribution in [0.1, 0.15) is 36.8 Å². The third kappa shape index (κ3) is 4.98. The van der Waals surface area contributed by atoms with E-state index in [1.165, 1.54) is 11.3 Å². The highest BCUT2D eigenvalue weighted by atomic mass is 35.5. The largest absolute Gasteiger partial charge is 0.460 e. The quantitative estimate of drug-likeness (QED) is 0.199. The molecule has 180 valence electrons. The van der Waals surface area contributed by atoms with Crippen LogP contribution in [0.15, 0.2) is 71.3 Å². The van der Waals surface area contributed by atoms with Crippen molar-refractivity contribution in [1.29, 1.82) is 0 Å². The fourth-order valence-corrected chi connectivity index (χ4v) is 6.02. The lowest BCUT2D eigenvalue weighted by Crippen LogP contribution is -2.56. The van der Waals surface area contributed by atoms with E-state index >= 15 is 0 Å². The van der Waals surface area contributed by atoms with Gasteiger partial charge in [0.2, 0.25) is 5.91 Å². The molecule has 0 aliphatic heterocycles. The van der Waals surface area contributed by atoms with Crippen LogP contribution in [0.2, 0.25) is 8.67 Å². The van der Waals surface area contributed by atoms with Crippen LogP contribution < -0.4 is 10.6 Å². The summed E-state index contributed by atoms with van der Waals surface area (Å²) in [6.07, 6.45) is 2.45. The number of amides is 1. The van der Waals surface area contributed by atoms with Gasteiger partial charge in [-0.3, -0.25) is 10.1 Å². The molecular weight excluding hydrogens is 501 g/mol. The number of fused-ring (bicyclic) bond motifs is 2. The highest BCUT2D eigenvalue weighted by Gasteiger charge is 2.35. The van der Waals surface area contributed by atoms with Gasteiger partial charge in [0.25, 0.3) is 0 Å². The molecule has 0 aliphatic rings. The highest BCUT2D eigenvalue weighted by molar-refractivity contribution is 7.20. The molecule has 0 radical (unpaired) electrons. The number of furan rings is 1. The van der Waals surface area contributed by atoms with Crippen molar-refractivity contribution in [3.8, 4) is 0 Å². The van der Waals surface area contributed by atoms with Crippen molar-refractivity contribution in [3.05, 3.63) is 92.4 Å². The van der Waals surface area contributed by atoms with Crippen molar-refractivity contribution >= 4 is 62.3 Å². The summed E-state index contributed by atoms with van der Waals surface area (Å²) in [6.45, 7) is 4.23. The summed E-state index contributed by atoms with van der Waals surface area (Å²) in [7, 11) is 0. The minimum absolute atomic E-state index is 0.134. The summed E-state index contributed by atoms with van der Waals surface area (Å²) < 4.78 is 7.16. The zero-order valence-electron chi connectivity index (χ0n) is 19.3. The Morgan fingerprint density at radius 3 is 2.69 bits per heavy atom. The minimum Gasteiger partial charge on any atom is -0.460 e. The van der Waals surface area contributed by atoms with Crippen molar-refractivity contribution in [2.45, 2.75) is 38.4 Å². The molecule has 0 spiro atoms. The zero-order valence-corrected chi connectivity index (χ0v) is 21.7. The maximum absolute atomic E-state index is 13.7. The number of benzene rings is 2. The Balaban J connectivity index is 1.42. The third-order valence-electron chi connectivity index (χ3n) is 6.35. The van der Waals surface area contributed by atoms with Crippen molar-refractivity contribution in [3.63, 3.8) is 0 Å². The van der Waals surface area contributed by atoms with Crippen LogP contribution in [-0.4, -0.2) is 16.4 Å². The van der Waals surface area contributed by atoms with E-state index in [0.717, 1.165) is 38.8 Å². The molecule has 3 heterocycles. The Hall–Kier alpha value is -2.77. The van der Waals surface area contributed by atoms with E-state index in [-0.39, 0.29) is 11.9 Å². The summed E-state index contributed by atoms with van der Waals surface area (Å²) in [5.41, 5.74) is 2.80. The van der Waals surface area contributed by atoms with Crippen molar-refractivity contribution in [2.75, 3.05) is 0 Å². The number of hydrogen-bond acceptors (Lipinski definition) is 4. The molecule has 2 aromatic carbocycles. The number of carbonyl (C=O) groups is 1. The first-order chi connectivity index (χ1) is 16.8. The second kappa shape index (κ2) is 9.70. The van der Waals surface area contributed by atoms with Gasteiger partial charge in [-0.05, 0) is 43.7 Å². The number of aromatic amines is 1. The maximum atomic E-state index is 13.7. The molecule has 5 aromatic rings. The van der Waals surface area contributed by atoms with Crippen LogP contribution in [0, 0.1) is 0 Å². The first-order valence-corrected chi connectivity index (χ1v) is 12.9. The average Bonchev–Trinajstić information content (AvgIpc) is 3.54. The van der Waals surface area contributed by atoms with Crippen LogP contribution in [0.3, 0.4) is 0 Å². The number of rotatable bonds is 8. The molecule has 0 saturated carbocycles. The lowest BCUT2D eigenvalue weighted by Gasteiger charge is -2.31. The van der Waals surface area contributed by atoms with E-state index in [4.69, 9.17) is 27.6 Å². The van der Waals surface area contributed by atoms with Gasteiger partial charge in [0.1, 0.15) is 11.3 Å². The van der Waals surface area contributed by atoms with E-state index in [1.807, 2.05) is 68.6 Å². The Morgan fingerprint density at radius 1 is 1.14 bits per heavy atom. The maximum Gasteiger partial charge on any atom is 0.240 e. The molecule has 2 unspecified atom stereocenters. The topological polar surface area (TPSA) is 70.1 Å². The van der Waals surface area contributed by atoms with Crippen molar-refractivity contribution < 1.29 is 9.21 Å². The molecule has 8 heteroatoms. The van der Waals surface area contributed by atoms with E-state index in [9.17, 15) is 4.79 Å². The van der Waals surface area contributed by atoms with E-state index in [1.54, 1.807) is 6.07 Å². The molecular formula is C27H25Cl2N3O2S. The number of H-pyrrole nitrogens is 1. The first-order valence-electron chi connectivity index (χ1n) is 11.4. The van der Waals surface area contributed by atoms with Gasteiger partial charge in [0, 0.05) is 34.5 Å². The third-order valence-corrected chi connectivity index (χ3v) is 7.86. The zero-order chi connectivity index (χ0) is 24.6. The van der Waals surface area contributed by atoms with Gasteiger partial charge in [-0.2, -0.15) is 0 Å². The molecule has 5 nitrogen and oxygen atoms in total. The Kier molecular flexibility index (Phi) is 6.64. The summed E-state index contributed by atoms with van der Waals surface area (Å²) in [6, 6.07) is 19.5. The molecule has 1 amide bonds. The molecule has 0 fully saturated rings. The van der Waals surface area contributed by atoms with Gasteiger partial charge in [-0.25, -0.2) is 0 Å². The number of nitrogens with one attached hydrogen (secondary N) is 3. The number of halogens is 2. The normalized spacial score (nSPS) is 14.3. The van der Waals surface area contributed by atoms with Crippen LogP contribution >= 0.6 is 34.5 Å². The highest BCUT2D eigenvalue weighted by Crippen LogP contribution is 2.35. The second-order valence-corrected chi connectivity index (χ2v) is 11.2. The number of para-hydroxylation sites is 2. The number of carbonyl (C=O) groups excluding carboxylic acids is 1. The van der Waals surface area contributed by atoms with Crippen molar-refractivity contribution in [1.82, 2.24) is 15.6 Å². The van der Waals surface area contributed by atoms with Gasteiger partial charge < -0.3 is 14.7 Å².